The normalized spacial score (nSPS) is 21.1. The van der Waals surface area contributed by atoms with Gasteiger partial charge in [0.25, 0.3) is 11.8 Å². The molecule has 0 spiro atoms. The van der Waals surface area contributed by atoms with Gasteiger partial charge in [-0.15, -0.1) is 11.3 Å². The van der Waals surface area contributed by atoms with Gasteiger partial charge in [-0.2, -0.15) is 0 Å². The summed E-state index contributed by atoms with van der Waals surface area (Å²) in [5, 5.41) is 6.91. The largest absolute Gasteiger partial charge is 0.484 e. The molecule has 1 saturated heterocycles. The lowest BCUT2D eigenvalue weighted by Gasteiger charge is -2.19. The molecule has 1 aromatic carbocycles. The van der Waals surface area contributed by atoms with E-state index in [-0.39, 0.29) is 29.9 Å². The van der Waals surface area contributed by atoms with Crippen LogP contribution in [0.2, 0.25) is 5.02 Å². The number of amides is 2. The number of carbonyl (C=O) groups excluding carboxylic acids is 2. The number of rotatable bonds is 6. The van der Waals surface area contributed by atoms with E-state index >= 15 is 0 Å². The van der Waals surface area contributed by atoms with Crippen LogP contribution in [0.1, 0.15) is 51.7 Å². The highest BCUT2D eigenvalue weighted by atomic mass is 35.5. The fourth-order valence-electron chi connectivity index (χ4n) is 4.55. The smallest absolute Gasteiger partial charge is 0.262 e. The van der Waals surface area contributed by atoms with Crippen molar-refractivity contribution in [2.75, 3.05) is 23.4 Å². The summed E-state index contributed by atoms with van der Waals surface area (Å²) in [6.45, 7) is 5.72. The van der Waals surface area contributed by atoms with E-state index in [1.54, 1.807) is 12.1 Å². The van der Waals surface area contributed by atoms with Crippen molar-refractivity contribution < 1.29 is 22.7 Å². The van der Waals surface area contributed by atoms with Gasteiger partial charge in [0.2, 0.25) is 0 Å². The Morgan fingerprint density at radius 2 is 1.91 bits per heavy atom. The van der Waals surface area contributed by atoms with Gasteiger partial charge in [0.05, 0.1) is 17.1 Å². The lowest BCUT2D eigenvalue weighted by molar-refractivity contribution is -0.118. The number of carbonyl (C=O) groups is 2. The van der Waals surface area contributed by atoms with Gasteiger partial charge in [0.1, 0.15) is 10.8 Å². The number of aryl methyl sites for hydroxylation is 2. The van der Waals surface area contributed by atoms with Crippen molar-refractivity contribution in [1.82, 2.24) is 5.32 Å². The molecule has 0 bridgehead atoms. The van der Waals surface area contributed by atoms with Gasteiger partial charge in [0, 0.05) is 15.9 Å². The van der Waals surface area contributed by atoms with Crippen molar-refractivity contribution in [1.29, 1.82) is 0 Å². The Labute approximate surface area is 209 Å². The number of nitrogens with one attached hydrogen (secondary N) is 2. The van der Waals surface area contributed by atoms with Gasteiger partial charge in [-0.25, -0.2) is 8.42 Å². The number of hydrogen-bond acceptors (Lipinski definition) is 6. The molecule has 2 unspecified atom stereocenters. The van der Waals surface area contributed by atoms with E-state index < -0.39 is 15.9 Å². The van der Waals surface area contributed by atoms with E-state index in [2.05, 4.69) is 17.6 Å². The van der Waals surface area contributed by atoms with Crippen LogP contribution in [-0.4, -0.2) is 44.4 Å². The summed E-state index contributed by atoms with van der Waals surface area (Å²) in [6, 6.07) is 3.16. The number of halogens is 1. The van der Waals surface area contributed by atoms with Crippen LogP contribution >= 0.6 is 22.9 Å². The van der Waals surface area contributed by atoms with E-state index in [0.717, 1.165) is 40.8 Å². The molecule has 2 amide bonds. The molecule has 2 atom stereocenters. The number of benzene rings is 1. The highest BCUT2D eigenvalue weighted by molar-refractivity contribution is 7.91. The molecule has 2 heterocycles. The molecule has 2 N–H and O–H groups in total. The number of ether oxygens (including phenoxy) is 1. The number of fused-ring (bicyclic) bond motifs is 1. The maximum Gasteiger partial charge on any atom is 0.262 e. The predicted octanol–water partition coefficient (Wildman–Crippen LogP) is 4.08. The van der Waals surface area contributed by atoms with Gasteiger partial charge in [0.15, 0.2) is 16.4 Å². The van der Waals surface area contributed by atoms with Gasteiger partial charge in [-0.3, -0.25) is 9.59 Å². The second-order valence-corrected chi connectivity index (χ2v) is 13.0. The molecule has 34 heavy (non-hydrogen) atoms. The zero-order valence-electron chi connectivity index (χ0n) is 19.5. The lowest BCUT2D eigenvalue weighted by Crippen LogP contribution is -2.36. The highest BCUT2D eigenvalue weighted by Crippen LogP contribution is 2.40. The molecule has 184 valence electrons. The molecular weight excluding hydrogens is 496 g/mol. The Hall–Kier alpha value is -2.10. The minimum absolute atomic E-state index is 0.0441. The van der Waals surface area contributed by atoms with Crippen LogP contribution in [-0.2, 0) is 27.5 Å². The maximum atomic E-state index is 13.2. The molecular formula is C24H29ClN2O5S2. The Kier molecular flexibility index (Phi) is 7.26. The average molecular weight is 525 g/mol. The van der Waals surface area contributed by atoms with Crippen molar-refractivity contribution >= 4 is 49.6 Å². The number of hydrogen-bond donors (Lipinski definition) is 2. The molecule has 0 saturated carbocycles. The van der Waals surface area contributed by atoms with Crippen molar-refractivity contribution in [3.05, 3.63) is 44.3 Å². The third-order valence-electron chi connectivity index (χ3n) is 6.34. The van der Waals surface area contributed by atoms with Gasteiger partial charge in [-0.05, 0) is 74.3 Å². The Balaban J connectivity index is 1.50. The third-order valence-corrected chi connectivity index (χ3v) is 9.87. The van der Waals surface area contributed by atoms with Crippen LogP contribution < -0.4 is 15.4 Å². The van der Waals surface area contributed by atoms with E-state index in [1.165, 1.54) is 11.3 Å². The number of anilines is 1. The summed E-state index contributed by atoms with van der Waals surface area (Å²) in [5.74, 6) is 0.405. The molecule has 4 rings (SSSR count). The fourth-order valence-corrected chi connectivity index (χ4v) is 7.75. The first kappa shape index (κ1) is 25.0. The van der Waals surface area contributed by atoms with E-state index in [9.17, 15) is 18.0 Å². The first-order valence-electron chi connectivity index (χ1n) is 11.4. The molecule has 2 aromatic rings. The van der Waals surface area contributed by atoms with Crippen LogP contribution in [0, 0.1) is 19.8 Å². The topological polar surface area (TPSA) is 102 Å². The molecule has 10 heteroatoms. The quantitative estimate of drug-likeness (QED) is 0.593. The summed E-state index contributed by atoms with van der Waals surface area (Å²) >= 11 is 7.62. The second-order valence-electron chi connectivity index (χ2n) is 9.34. The predicted molar refractivity (Wildman–Crippen MR) is 135 cm³/mol. The third kappa shape index (κ3) is 5.58. The van der Waals surface area contributed by atoms with Gasteiger partial charge >= 0.3 is 0 Å². The molecule has 2 aliphatic rings. The van der Waals surface area contributed by atoms with Gasteiger partial charge < -0.3 is 15.4 Å². The Morgan fingerprint density at radius 1 is 1.21 bits per heavy atom. The number of thiophene rings is 1. The monoisotopic (exact) mass is 524 g/mol. The summed E-state index contributed by atoms with van der Waals surface area (Å²) in [4.78, 5) is 27.1. The minimum atomic E-state index is -3.11. The minimum Gasteiger partial charge on any atom is -0.484 e. The lowest BCUT2D eigenvalue weighted by atomic mass is 9.88. The molecule has 1 aromatic heterocycles. The average Bonchev–Trinajstić information content (AvgIpc) is 3.28. The van der Waals surface area contributed by atoms with Crippen molar-refractivity contribution in [3.63, 3.8) is 0 Å². The van der Waals surface area contributed by atoms with Crippen molar-refractivity contribution in [2.45, 2.75) is 52.5 Å². The van der Waals surface area contributed by atoms with Crippen LogP contribution in [0.5, 0.6) is 5.75 Å². The molecule has 1 fully saturated rings. The van der Waals surface area contributed by atoms with Crippen LogP contribution in [0.3, 0.4) is 0 Å². The zero-order valence-corrected chi connectivity index (χ0v) is 21.9. The molecule has 7 nitrogen and oxygen atoms in total. The summed E-state index contributed by atoms with van der Waals surface area (Å²) in [6.07, 6.45) is 2.99. The molecule has 1 aliphatic carbocycles. The van der Waals surface area contributed by atoms with Crippen LogP contribution in [0.15, 0.2) is 12.1 Å². The van der Waals surface area contributed by atoms with Crippen molar-refractivity contribution in [2.24, 2.45) is 5.92 Å². The molecule has 1 aliphatic heterocycles. The molecule has 0 radical (unpaired) electrons. The Bertz CT molecular complexity index is 1220. The summed E-state index contributed by atoms with van der Waals surface area (Å²) < 4.78 is 29.3. The van der Waals surface area contributed by atoms with E-state index in [0.29, 0.717) is 33.7 Å². The van der Waals surface area contributed by atoms with Crippen LogP contribution in [0.4, 0.5) is 5.00 Å². The van der Waals surface area contributed by atoms with Crippen LogP contribution in [0.25, 0.3) is 0 Å². The first-order chi connectivity index (χ1) is 16.0. The fraction of sp³-hybridized carbons (Fsp3) is 0.500. The second kappa shape index (κ2) is 9.87. The SMILES string of the molecule is Cc1cc(OCC(=O)Nc2sc3c(c2C(=O)NC2CCS(=O)(=O)C2)CCC(C)C3)cc(C)c1Cl. The number of sulfone groups is 1. The summed E-state index contributed by atoms with van der Waals surface area (Å²) in [5.41, 5.74) is 3.15. The Morgan fingerprint density at radius 3 is 2.56 bits per heavy atom. The van der Waals surface area contributed by atoms with E-state index in [1.807, 2.05) is 13.8 Å². The standard InChI is InChI=1S/C24H29ClN2O5S2/c1-13-4-5-18-19(8-13)33-24(21(18)23(29)26-16-6-7-34(30,31)12-16)27-20(28)11-32-17-9-14(2)22(25)15(3)10-17/h9-10,13,16H,4-8,11-12H2,1-3H3,(H,26,29)(H,27,28). The van der Waals surface area contributed by atoms with E-state index in [4.69, 9.17) is 16.3 Å². The zero-order chi connectivity index (χ0) is 24.6. The van der Waals surface area contributed by atoms with Gasteiger partial charge in [-0.1, -0.05) is 18.5 Å². The maximum absolute atomic E-state index is 13.2. The first-order valence-corrected chi connectivity index (χ1v) is 14.4. The highest BCUT2D eigenvalue weighted by Gasteiger charge is 2.33. The summed E-state index contributed by atoms with van der Waals surface area (Å²) in [7, 11) is -3.11. The van der Waals surface area contributed by atoms with Crippen molar-refractivity contribution in [3.8, 4) is 5.75 Å².